The normalized spacial score (nSPS) is 17.6. The smallest absolute Gasteiger partial charge is 0.119 e. The minimum atomic E-state index is 0.360. The molecule has 3 nitrogen and oxygen atoms in total. The van der Waals surface area contributed by atoms with Gasteiger partial charge in [0.2, 0.25) is 0 Å². The van der Waals surface area contributed by atoms with Crippen LogP contribution in [-0.4, -0.2) is 19.3 Å². The van der Waals surface area contributed by atoms with Crippen molar-refractivity contribution in [2.45, 2.75) is 25.6 Å². The highest BCUT2D eigenvalue weighted by Crippen LogP contribution is 2.18. The first-order valence-corrected chi connectivity index (χ1v) is 7.52. The molecule has 0 amide bonds. The van der Waals surface area contributed by atoms with Crippen LogP contribution < -0.4 is 10.1 Å². The van der Waals surface area contributed by atoms with Gasteiger partial charge in [-0.2, -0.15) is 0 Å². The van der Waals surface area contributed by atoms with Gasteiger partial charge in [0.05, 0.1) is 6.10 Å². The van der Waals surface area contributed by atoms with Crippen molar-refractivity contribution in [3.63, 3.8) is 0 Å². The lowest BCUT2D eigenvalue weighted by Crippen LogP contribution is -2.18. The second-order valence-electron chi connectivity index (χ2n) is 5.31. The van der Waals surface area contributed by atoms with Crippen molar-refractivity contribution < 1.29 is 9.47 Å². The zero-order valence-electron chi connectivity index (χ0n) is 12.1. The zero-order valence-corrected chi connectivity index (χ0v) is 12.1. The molecule has 0 bridgehead atoms. The molecule has 1 aliphatic rings. The summed E-state index contributed by atoms with van der Waals surface area (Å²) in [5.41, 5.74) is 2.29. The van der Waals surface area contributed by atoms with Gasteiger partial charge in [0.25, 0.3) is 0 Å². The summed E-state index contributed by atoms with van der Waals surface area (Å²) in [5.74, 6) is 0.890. The van der Waals surface area contributed by atoms with Crippen LogP contribution in [0.1, 0.15) is 18.4 Å². The molecule has 0 aliphatic carbocycles. The van der Waals surface area contributed by atoms with Gasteiger partial charge in [0, 0.05) is 18.8 Å². The van der Waals surface area contributed by atoms with Crippen molar-refractivity contribution in [2.75, 3.05) is 18.5 Å². The molecule has 2 aromatic rings. The van der Waals surface area contributed by atoms with Crippen molar-refractivity contribution >= 4 is 5.69 Å². The van der Waals surface area contributed by atoms with E-state index in [1.165, 1.54) is 12.0 Å². The van der Waals surface area contributed by atoms with Crippen molar-refractivity contribution in [2.24, 2.45) is 0 Å². The number of ether oxygens (including phenoxy) is 2. The maximum Gasteiger partial charge on any atom is 0.119 e. The molecule has 2 aromatic carbocycles. The molecule has 1 atom stereocenters. The zero-order chi connectivity index (χ0) is 14.3. The molecule has 0 aromatic heterocycles. The van der Waals surface area contributed by atoms with E-state index in [1.54, 1.807) is 0 Å². The summed E-state index contributed by atoms with van der Waals surface area (Å²) in [5, 5.41) is 3.41. The van der Waals surface area contributed by atoms with E-state index in [0.29, 0.717) is 12.7 Å². The van der Waals surface area contributed by atoms with Gasteiger partial charge < -0.3 is 14.8 Å². The predicted octanol–water partition coefficient (Wildman–Crippen LogP) is 3.86. The molecule has 3 heteroatoms. The van der Waals surface area contributed by atoms with Crippen LogP contribution in [0.2, 0.25) is 0 Å². The van der Waals surface area contributed by atoms with E-state index in [9.17, 15) is 0 Å². The topological polar surface area (TPSA) is 30.5 Å². The second-order valence-corrected chi connectivity index (χ2v) is 5.31. The molecule has 1 N–H and O–H groups in total. The number of hydrogen-bond donors (Lipinski definition) is 1. The van der Waals surface area contributed by atoms with E-state index in [2.05, 4.69) is 29.6 Å². The van der Waals surface area contributed by atoms with E-state index in [4.69, 9.17) is 9.47 Å². The third-order valence-electron chi connectivity index (χ3n) is 3.66. The van der Waals surface area contributed by atoms with Crippen LogP contribution in [0.4, 0.5) is 5.69 Å². The van der Waals surface area contributed by atoms with Gasteiger partial charge in [0.15, 0.2) is 0 Å². The fraction of sp³-hybridized carbons (Fsp3) is 0.333. The standard InChI is InChI=1S/C18H21NO2/c1-2-5-15(6-3-1)14-21-17-10-8-16(9-11-17)19-13-18-7-4-12-20-18/h1-3,5-6,8-11,18-19H,4,7,12-14H2. The number of nitrogens with one attached hydrogen (secondary N) is 1. The first-order chi connectivity index (χ1) is 10.4. The molecule has 0 spiro atoms. The van der Waals surface area contributed by atoms with Crippen molar-refractivity contribution in [1.82, 2.24) is 0 Å². The minimum Gasteiger partial charge on any atom is -0.489 e. The average Bonchev–Trinajstić information content (AvgIpc) is 3.06. The third-order valence-corrected chi connectivity index (χ3v) is 3.66. The van der Waals surface area contributed by atoms with Gasteiger partial charge in [-0.05, 0) is 42.7 Å². The minimum absolute atomic E-state index is 0.360. The maximum atomic E-state index is 5.77. The van der Waals surface area contributed by atoms with Crippen LogP contribution in [-0.2, 0) is 11.3 Å². The van der Waals surface area contributed by atoms with Crippen LogP contribution in [0.25, 0.3) is 0 Å². The van der Waals surface area contributed by atoms with Crippen LogP contribution in [0.15, 0.2) is 54.6 Å². The summed E-state index contributed by atoms with van der Waals surface area (Å²) < 4.78 is 11.4. The highest BCUT2D eigenvalue weighted by atomic mass is 16.5. The van der Waals surface area contributed by atoms with E-state index in [-0.39, 0.29) is 0 Å². The molecule has 21 heavy (non-hydrogen) atoms. The van der Waals surface area contributed by atoms with Gasteiger partial charge in [-0.3, -0.25) is 0 Å². The molecule has 0 radical (unpaired) electrons. The van der Waals surface area contributed by atoms with E-state index in [0.717, 1.165) is 31.0 Å². The lowest BCUT2D eigenvalue weighted by Gasteiger charge is -2.12. The summed E-state index contributed by atoms with van der Waals surface area (Å²) in [6.07, 6.45) is 2.70. The Morgan fingerprint density at radius 2 is 1.86 bits per heavy atom. The molecule has 110 valence electrons. The molecule has 1 heterocycles. The van der Waals surface area contributed by atoms with Crippen molar-refractivity contribution in [3.8, 4) is 5.75 Å². The second kappa shape index (κ2) is 7.14. The molecule has 1 unspecified atom stereocenters. The van der Waals surface area contributed by atoms with Crippen LogP contribution >= 0.6 is 0 Å². The van der Waals surface area contributed by atoms with Crippen molar-refractivity contribution in [3.05, 3.63) is 60.2 Å². The monoisotopic (exact) mass is 283 g/mol. The van der Waals surface area contributed by atoms with Crippen molar-refractivity contribution in [1.29, 1.82) is 0 Å². The lowest BCUT2D eigenvalue weighted by molar-refractivity contribution is 0.120. The number of benzene rings is 2. The van der Waals surface area contributed by atoms with E-state index in [1.807, 2.05) is 30.3 Å². The predicted molar refractivity (Wildman–Crippen MR) is 84.7 cm³/mol. The summed E-state index contributed by atoms with van der Waals surface area (Å²) >= 11 is 0. The Kier molecular flexibility index (Phi) is 4.74. The number of hydrogen-bond acceptors (Lipinski definition) is 3. The van der Waals surface area contributed by atoms with Gasteiger partial charge >= 0.3 is 0 Å². The third kappa shape index (κ3) is 4.23. The highest BCUT2D eigenvalue weighted by molar-refractivity contribution is 5.46. The molecular formula is C18H21NO2. The van der Waals surface area contributed by atoms with Gasteiger partial charge in [-0.1, -0.05) is 30.3 Å². The first kappa shape index (κ1) is 14.0. The Morgan fingerprint density at radius 3 is 2.57 bits per heavy atom. The summed E-state index contributed by atoms with van der Waals surface area (Å²) in [6.45, 7) is 2.38. The molecule has 1 fully saturated rings. The largest absolute Gasteiger partial charge is 0.489 e. The summed E-state index contributed by atoms with van der Waals surface area (Å²) in [7, 11) is 0. The highest BCUT2D eigenvalue weighted by Gasteiger charge is 2.14. The summed E-state index contributed by atoms with van der Waals surface area (Å²) in [4.78, 5) is 0. The fourth-order valence-electron chi connectivity index (χ4n) is 2.45. The average molecular weight is 283 g/mol. The van der Waals surface area contributed by atoms with Gasteiger partial charge in [0.1, 0.15) is 12.4 Å². The Hall–Kier alpha value is -2.00. The maximum absolute atomic E-state index is 5.77. The van der Waals surface area contributed by atoms with Crippen LogP contribution in [0.3, 0.4) is 0 Å². The number of anilines is 1. The lowest BCUT2D eigenvalue weighted by atomic mass is 10.2. The quantitative estimate of drug-likeness (QED) is 0.873. The summed E-state index contributed by atoms with van der Waals surface area (Å²) in [6, 6.07) is 18.3. The molecule has 1 saturated heterocycles. The Balaban J connectivity index is 1.47. The van der Waals surface area contributed by atoms with Gasteiger partial charge in [-0.15, -0.1) is 0 Å². The number of rotatable bonds is 6. The Morgan fingerprint density at radius 1 is 1.05 bits per heavy atom. The first-order valence-electron chi connectivity index (χ1n) is 7.52. The molecule has 3 rings (SSSR count). The SMILES string of the molecule is c1ccc(COc2ccc(NCC3CCCO3)cc2)cc1. The molecule has 1 aliphatic heterocycles. The van der Waals surface area contributed by atoms with E-state index >= 15 is 0 Å². The van der Waals surface area contributed by atoms with Crippen LogP contribution in [0.5, 0.6) is 5.75 Å². The Labute approximate surface area is 125 Å². The Bertz CT molecular complexity index is 533. The van der Waals surface area contributed by atoms with Crippen LogP contribution in [0, 0.1) is 0 Å². The van der Waals surface area contributed by atoms with E-state index < -0.39 is 0 Å². The fourth-order valence-corrected chi connectivity index (χ4v) is 2.45. The van der Waals surface area contributed by atoms with Gasteiger partial charge in [-0.25, -0.2) is 0 Å². The molecular weight excluding hydrogens is 262 g/mol. The molecule has 0 saturated carbocycles.